The second kappa shape index (κ2) is 7.72. The van der Waals surface area contributed by atoms with Crippen molar-refractivity contribution in [1.82, 2.24) is 35.6 Å². The van der Waals surface area contributed by atoms with Crippen LogP contribution >= 0.6 is 0 Å². The fraction of sp³-hybridized carbons (Fsp3) is 0.412. The van der Waals surface area contributed by atoms with Gasteiger partial charge in [-0.05, 0) is 60.6 Å². The summed E-state index contributed by atoms with van der Waals surface area (Å²) in [5.74, 6) is 1.07. The molecule has 2 N–H and O–H groups in total. The number of oxime groups is 1. The number of tetrazole rings is 1. The van der Waals surface area contributed by atoms with Crippen LogP contribution in [0.4, 0.5) is 11.5 Å². The second-order valence-corrected chi connectivity index (χ2v) is 6.72. The van der Waals surface area contributed by atoms with Crippen LogP contribution in [0.5, 0.6) is 0 Å². The molecule has 0 radical (unpaired) electrons. The van der Waals surface area contributed by atoms with Gasteiger partial charge in [0.15, 0.2) is 17.3 Å². The molecule has 1 aliphatic heterocycles. The highest BCUT2D eigenvalue weighted by molar-refractivity contribution is 6.07. The average Bonchev–Trinajstić information content (AvgIpc) is 3.22. The Morgan fingerprint density at radius 1 is 1.14 bits per heavy atom. The van der Waals surface area contributed by atoms with E-state index in [1.54, 1.807) is 34.8 Å². The third-order valence-corrected chi connectivity index (χ3v) is 5.07. The Bertz CT molecular complexity index is 963. The van der Waals surface area contributed by atoms with Crippen LogP contribution in [-0.4, -0.2) is 74.5 Å². The predicted octanol–water partition coefficient (Wildman–Crippen LogP) is 0.375. The van der Waals surface area contributed by atoms with E-state index in [2.05, 4.69) is 41.1 Å². The zero-order valence-corrected chi connectivity index (χ0v) is 15.8. The van der Waals surface area contributed by atoms with Crippen molar-refractivity contribution >= 4 is 23.0 Å². The van der Waals surface area contributed by atoms with Crippen molar-refractivity contribution in [3.05, 3.63) is 36.2 Å². The maximum atomic E-state index is 9.58. The van der Waals surface area contributed by atoms with E-state index in [9.17, 15) is 5.21 Å². The lowest BCUT2D eigenvalue weighted by molar-refractivity contribution is 0.318. The number of hydrogen-bond acceptors (Lipinski definition) is 9. The van der Waals surface area contributed by atoms with Gasteiger partial charge in [0, 0.05) is 20.1 Å². The third-order valence-electron chi connectivity index (χ3n) is 5.07. The van der Waals surface area contributed by atoms with E-state index in [4.69, 9.17) is 0 Å². The molecule has 0 amide bonds. The molecule has 28 heavy (non-hydrogen) atoms. The van der Waals surface area contributed by atoms with E-state index in [1.165, 1.54) is 0 Å². The van der Waals surface area contributed by atoms with Crippen molar-refractivity contribution in [2.24, 2.45) is 5.16 Å². The molecule has 0 atom stereocenters. The van der Waals surface area contributed by atoms with Gasteiger partial charge in [-0.25, -0.2) is 0 Å². The number of amidine groups is 1. The Balaban J connectivity index is 1.54. The number of piperidine rings is 1. The first-order chi connectivity index (χ1) is 13.7. The van der Waals surface area contributed by atoms with Crippen molar-refractivity contribution in [2.45, 2.75) is 18.9 Å². The zero-order chi connectivity index (χ0) is 19.5. The lowest BCUT2D eigenvalue weighted by Crippen LogP contribution is -2.41. The zero-order valence-electron chi connectivity index (χ0n) is 15.8. The van der Waals surface area contributed by atoms with E-state index in [0.29, 0.717) is 17.4 Å². The summed E-state index contributed by atoms with van der Waals surface area (Å²) in [6.45, 7) is 2.02. The molecule has 3 aromatic rings. The van der Waals surface area contributed by atoms with Crippen molar-refractivity contribution in [3.63, 3.8) is 0 Å². The van der Waals surface area contributed by atoms with E-state index in [0.717, 1.165) is 37.4 Å². The van der Waals surface area contributed by atoms with Gasteiger partial charge >= 0.3 is 0 Å². The van der Waals surface area contributed by atoms with Crippen LogP contribution < -0.4 is 15.1 Å². The minimum Gasteiger partial charge on any atom is -0.409 e. The number of hydrogen-bond donors (Lipinski definition) is 2. The third kappa shape index (κ3) is 3.43. The minimum atomic E-state index is 0.274. The molecule has 0 saturated carbocycles. The minimum absolute atomic E-state index is 0.274. The van der Waals surface area contributed by atoms with Crippen LogP contribution in [0.2, 0.25) is 0 Å². The first kappa shape index (κ1) is 18.0. The molecular weight excluding hydrogens is 360 g/mol. The molecule has 0 aromatic carbocycles. The fourth-order valence-electron chi connectivity index (χ4n) is 3.35. The molecule has 0 bridgehead atoms. The smallest absolute Gasteiger partial charge is 0.200 e. The van der Waals surface area contributed by atoms with Gasteiger partial charge in [-0.1, -0.05) is 5.16 Å². The van der Waals surface area contributed by atoms with Gasteiger partial charge in [-0.3, -0.25) is 0 Å². The van der Waals surface area contributed by atoms with E-state index >= 15 is 0 Å². The number of anilines is 2. The van der Waals surface area contributed by atoms with Crippen LogP contribution in [0, 0.1) is 0 Å². The standard InChI is InChI=1S/C17H22N10O/c1-25(12-7-9-18-10-8-12)15-6-4-14(19-20-15)17(22-28)26(2)13-3-5-16-21-23-24-27(16)11-13/h3-6,11-12,18,28H,7-10H2,1-2H3. The summed E-state index contributed by atoms with van der Waals surface area (Å²) in [4.78, 5) is 3.85. The monoisotopic (exact) mass is 382 g/mol. The molecule has 4 heterocycles. The SMILES string of the molecule is CN(C(=NO)c1ccc(N(C)C2CCNCC2)nn1)c1ccc2nnnn2c1. The van der Waals surface area contributed by atoms with Gasteiger partial charge in [-0.2, -0.15) is 4.52 Å². The normalized spacial score (nSPS) is 15.7. The molecule has 1 fully saturated rings. The number of rotatable bonds is 4. The molecule has 0 aliphatic carbocycles. The summed E-state index contributed by atoms with van der Waals surface area (Å²) in [6.07, 6.45) is 3.89. The van der Waals surface area contributed by atoms with Crippen molar-refractivity contribution < 1.29 is 5.21 Å². The van der Waals surface area contributed by atoms with E-state index in [1.807, 2.05) is 19.2 Å². The van der Waals surface area contributed by atoms with Crippen LogP contribution in [-0.2, 0) is 0 Å². The highest BCUT2D eigenvalue weighted by atomic mass is 16.4. The van der Waals surface area contributed by atoms with Gasteiger partial charge < -0.3 is 20.3 Å². The number of pyridine rings is 1. The summed E-state index contributed by atoms with van der Waals surface area (Å²) < 4.78 is 1.55. The van der Waals surface area contributed by atoms with Crippen molar-refractivity contribution in [2.75, 3.05) is 37.0 Å². The van der Waals surface area contributed by atoms with Crippen molar-refractivity contribution in [3.8, 4) is 0 Å². The van der Waals surface area contributed by atoms with Gasteiger partial charge in [0.1, 0.15) is 5.69 Å². The Hall–Kier alpha value is -3.34. The number of nitrogens with zero attached hydrogens (tertiary/aromatic N) is 9. The second-order valence-electron chi connectivity index (χ2n) is 6.72. The molecular formula is C17H22N10O. The summed E-state index contributed by atoms with van der Waals surface area (Å²) in [6, 6.07) is 7.76. The molecule has 11 heteroatoms. The molecule has 0 unspecified atom stereocenters. The summed E-state index contributed by atoms with van der Waals surface area (Å²) in [5, 5.41) is 36.4. The van der Waals surface area contributed by atoms with Crippen molar-refractivity contribution in [1.29, 1.82) is 0 Å². The predicted molar refractivity (Wildman–Crippen MR) is 104 cm³/mol. The van der Waals surface area contributed by atoms with Crippen LogP contribution in [0.25, 0.3) is 5.65 Å². The van der Waals surface area contributed by atoms with Gasteiger partial charge in [0.25, 0.3) is 0 Å². The largest absolute Gasteiger partial charge is 0.409 e. The maximum Gasteiger partial charge on any atom is 0.200 e. The number of aromatic nitrogens is 6. The maximum absolute atomic E-state index is 9.58. The molecule has 0 spiro atoms. The molecule has 3 aromatic heterocycles. The molecule has 146 valence electrons. The summed E-state index contributed by atoms with van der Waals surface area (Å²) in [5.41, 5.74) is 1.83. The first-order valence-corrected chi connectivity index (χ1v) is 9.08. The van der Waals surface area contributed by atoms with Gasteiger partial charge in [0.2, 0.25) is 0 Å². The quantitative estimate of drug-likeness (QED) is 0.285. The highest BCUT2D eigenvalue weighted by Gasteiger charge is 2.20. The Morgan fingerprint density at radius 2 is 1.96 bits per heavy atom. The molecule has 1 saturated heterocycles. The summed E-state index contributed by atoms with van der Waals surface area (Å²) in [7, 11) is 3.81. The van der Waals surface area contributed by atoms with Crippen LogP contribution in [0.3, 0.4) is 0 Å². The first-order valence-electron chi connectivity index (χ1n) is 9.08. The average molecular weight is 382 g/mol. The fourth-order valence-corrected chi connectivity index (χ4v) is 3.35. The molecule has 4 rings (SSSR count). The lowest BCUT2D eigenvalue weighted by Gasteiger charge is -2.32. The highest BCUT2D eigenvalue weighted by Crippen LogP contribution is 2.19. The topological polar surface area (TPSA) is 120 Å². The van der Waals surface area contributed by atoms with Gasteiger partial charge in [0.05, 0.1) is 11.9 Å². The van der Waals surface area contributed by atoms with Gasteiger partial charge in [-0.15, -0.1) is 15.3 Å². The Morgan fingerprint density at radius 3 is 2.68 bits per heavy atom. The van der Waals surface area contributed by atoms with Crippen LogP contribution in [0.15, 0.2) is 35.6 Å². The summed E-state index contributed by atoms with van der Waals surface area (Å²) >= 11 is 0. The van der Waals surface area contributed by atoms with E-state index in [-0.39, 0.29) is 5.84 Å². The van der Waals surface area contributed by atoms with Crippen LogP contribution in [0.1, 0.15) is 18.5 Å². The lowest BCUT2D eigenvalue weighted by atomic mass is 10.1. The van der Waals surface area contributed by atoms with E-state index < -0.39 is 0 Å². The number of fused-ring (bicyclic) bond motifs is 1. The number of nitrogens with one attached hydrogen (secondary N) is 1. The molecule has 1 aliphatic rings. The Labute approximate surface area is 161 Å². The molecule has 11 nitrogen and oxygen atoms in total. The Kier molecular flexibility index (Phi) is 4.98.